The fraction of sp³-hybridized carbons (Fsp3) is 0.357. The van der Waals surface area contributed by atoms with Crippen LogP contribution in [0.15, 0.2) is 24.2 Å². The standard InChI is InChI=1S/C12H16N4O4.C2H6/c1-3-20-12(19)8-4-10(7(2)15-5-8)16(14)6-9(13)11(17)18;1-2/h4-6H,3,13-14H2,1-2H3,(H,17,18);1-2H3/b9-6-;. The molecule has 0 fully saturated rings. The van der Waals surface area contributed by atoms with Crippen LogP contribution in [0.3, 0.4) is 0 Å². The van der Waals surface area contributed by atoms with Crippen molar-refractivity contribution >= 4 is 17.6 Å². The van der Waals surface area contributed by atoms with Crippen LogP contribution in [0.4, 0.5) is 5.69 Å². The summed E-state index contributed by atoms with van der Waals surface area (Å²) < 4.78 is 4.85. The van der Waals surface area contributed by atoms with Crippen molar-refractivity contribution in [2.45, 2.75) is 27.7 Å². The second-order valence-corrected chi connectivity index (χ2v) is 3.85. The van der Waals surface area contributed by atoms with E-state index in [4.69, 9.17) is 21.4 Å². The maximum Gasteiger partial charge on any atom is 0.353 e. The Labute approximate surface area is 129 Å². The number of hydrogen-bond donors (Lipinski definition) is 3. The average Bonchev–Trinajstić information content (AvgIpc) is 2.49. The lowest BCUT2D eigenvalue weighted by atomic mass is 10.2. The molecule has 0 saturated heterocycles. The van der Waals surface area contributed by atoms with Gasteiger partial charge in [0.1, 0.15) is 5.70 Å². The molecule has 0 saturated carbocycles. The second kappa shape index (κ2) is 9.35. The summed E-state index contributed by atoms with van der Waals surface area (Å²) in [5.74, 6) is 3.86. The number of aliphatic carboxylic acids is 1. The molecule has 8 nitrogen and oxygen atoms in total. The number of aryl methyl sites for hydroxylation is 1. The van der Waals surface area contributed by atoms with Crippen molar-refractivity contribution < 1.29 is 19.4 Å². The number of aromatic nitrogens is 1. The topological polar surface area (TPSA) is 132 Å². The highest BCUT2D eigenvalue weighted by Gasteiger charge is 2.13. The smallest absolute Gasteiger partial charge is 0.353 e. The Bertz CT molecular complexity index is 558. The number of nitrogens with two attached hydrogens (primary N) is 2. The zero-order chi connectivity index (χ0) is 17.3. The molecule has 1 aromatic rings. The SMILES string of the molecule is CC.CCOC(=O)c1cnc(C)c(N(N)/C=C(\N)C(=O)O)c1. The van der Waals surface area contributed by atoms with E-state index in [0.717, 1.165) is 11.2 Å². The Morgan fingerprint density at radius 3 is 2.55 bits per heavy atom. The molecule has 0 bridgehead atoms. The molecule has 1 aromatic heterocycles. The summed E-state index contributed by atoms with van der Waals surface area (Å²) >= 11 is 0. The van der Waals surface area contributed by atoms with Gasteiger partial charge in [0.2, 0.25) is 0 Å². The van der Waals surface area contributed by atoms with Crippen molar-refractivity contribution in [1.29, 1.82) is 0 Å². The van der Waals surface area contributed by atoms with Crippen LogP contribution in [-0.4, -0.2) is 28.6 Å². The molecule has 5 N–H and O–H groups in total. The predicted octanol–water partition coefficient (Wildman–Crippen LogP) is 1.16. The zero-order valence-electron chi connectivity index (χ0n) is 13.2. The van der Waals surface area contributed by atoms with E-state index in [0.29, 0.717) is 11.4 Å². The lowest BCUT2D eigenvalue weighted by molar-refractivity contribution is -0.132. The van der Waals surface area contributed by atoms with Gasteiger partial charge in [0.25, 0.3) is 0 Å². The monoisotopic (exact) mass is 310 g/mol. The third-order valence-electron chi connectivity index (χ3n) is 2.37. The van der Waals surface area contributed by atoms with Gasteiger partial charge in [-0.15, -0.1) is 0 Å². The molecule has 22 heavy (non-hydrogen) atoms. The molecule has 0 spiro atoms. The van der Waals surface area contributed by atoms with Crippen LogP contribution in [0.1, 0.15) is 36.8 Å². The molecule has 122 valence electrons. The fourth-order valence-corrected chi connectivity index (χ4v) is 1.38. The van der Waals surface area contributed by atoms with E-state index in [-0.39, 0.29) is 12.2 Å². The molecule has 0 atom stereocenters. The molecular weight excluding hydrogens is 288 g/mol. The van der Waals surface area contributed by atoms with Crippen molar-refractivity contribution in [2.75, 3.05) is 11.6 Å². The number of hydrazine groups is 1. The first-order chi connectivity index (χ1) is 10.4. The number of nitrogens with zero attached hydrogens (tertiary/aromatic N) is 2. The van der Waals surface area contributed by atoms with E-state index in [9.17, 15) is 9.59 Å². The number of hydrogen-bond acceptors (Lipinski definition) is 7. The third-order valence-corrected chi connectivity index (χ3v) is 2.37. The molecule has 0 aliphatic heterocycles. The lowest BCUT2D eigenvalue weighted by Gasteiger charge is -2.17. The van der Waals surface area contributed by atoms with Crippen LogP contribution >= 0.6 is 0 Å². The highest BCUT2D eigenvalue weighted by atomic mass is 16.5. The summed E-state index contributed by atoms with van der Waals surface area (Å²) in [6.07, 6.45) is 2.39. The number of carboxylic acids is 1. The molecule has 1 rings (SSSR count). The van der Waals surface area contributed by atoms with Gasteiger partial charge >= 0.3 is 11.9 Å². The van der Waals surface area contributed by atoms with Crippen molar-refractivity contribution in [2.24, 2.45) is 11.6 Å². The van der Waals surface area contributed by atoms with Gasteiger partial charge in [-0.05, 0) is 19.9 Å². The van der Waals surface area contributed by atoms with Gasteiger partial charge in [-0.2, -0.15) is 0 Å². The van der Waals surface area contributed by atoms with E-state index in [1.807, 2.05) is 13.8 Å². The quantitative estimate of drug-likeness (QED) is 0.319. The number of rotatable bonds is 5. The normalized spacial score (nSPS) is 10.3. The van der Waals surface area contributed by atoms with Crippen LogP contribution < -0.4 is 16.6 Å². The first-order valence-electron chi connectivity index (χ1n) is 6.75. The summed E-state index contributed by atoms with van der Waals surface area (Å²) in [6.45, 7) is 7.58. The number of carbonyl (C=O) groups is 2. The minimum absolute atomic E-state index is 0.213. The van der Waals surface area contributed by atoms with Crippen molar-refractivity contribution in [3.05, 3.63) is 35.4 Å². The van der Waals surface area contributed by atoms with Gasteiger partial charge in [0.05, 0.1) is 29.8 Å². The van der Waals surface area contributed by atoms with Crippen molar-refractivity contribution in [1.82, 2.24) is 4.98 Å². The highest BCUT2D eigenvalue weighted by molar-refractivity contribution is 5.90. The van der Waals surface area contributed by atoms with E-state index in [2.05, 4.69) is 4.98 Å². The number of pyridine rings is 1. The third kappa shape index (κ3) is 5.41. The van der Waals surface area contributed by atoms with Gasteiger partial charge in [0, 0.05) is 6.20 Å². The minimum Gasteiger partial charge on any atom is -0.477 e. The summed E-state index contributed by atoms with van der Waals surface area (Å²) in [6, 6.07) is 1.45. The molecule has 8 heteroatoms. The molecular formula is C14H22N4O4. The second-order valence-electron chi connectivity index (χ2n) is 3.85. The molecule has 0 unspecified atom stereocenters. The predicted molar refractivity (Wildman–Crippen MR) is 82.9 cm³/mol. The first-order valence-corrected chi connectivity index (χ1v) is 6.75. The Kier molecular flexibility index (Phi) is 8.24. The van der Waals surface area contributed by atoms with Crippen molar-refractivity contribution in [3.63, 3.8) is 0 Å². The largest absolute Gasteiger partial charge is 0.477 e. The average molecular weight is 310 g/mol. The van der Waals surface area contributed by atoms with E-state index in [1.165, 1.54) is 12.3 Å². The fourth-order valence-electron chi connectivity index (χ4n) is 1.38. The van der Waals surface area contributed by atoms with E-state index < -0.39 is 17.6 Å². The zero-order valence-corrected chi connectivity index (χ0v) is 13.2. The number of ether oxygens (including phenoxy) is 1. The lowest BCUT2D eigenvalue weighted by Crippen LogP contribution is -2.29. The maximum atomic E-state index is 11.6. The molecule has 0 aliphatic rings. The summed E-state index contributed by atoms with van der Waals surface area (Å²) in [7, 11) is 0. The summed E-state index contributed by atoms with van der Waals surface area (Å²) in [5, 5.41) is 9.69. The Hall–Kier alpha value is -2.61. The summed E-state index contributed by atoms with van der Waals surface area (Å²) in [4.78, 5) is 26.3. The Morgan fingerprint density at radius 1 is 1.45 bits per heavy atom. The number of anilines is 1. The molecule has 1 heterocycles. The minimum atomic E-state index is -1.30. The Balaban J connectivity index is 0.00000211. The van der Waals surface area contributed by atoms with E-state index in [1.54, 1.807) is 13.8 Å². The highest BCUT2D eigenvalue weighted by Crippen LogP contribution is 2.18. The summed E-state index contributed by atoms with van der Waals surface area (Å²) in [5.41, 5.74) is 5.91. The van der Waals surface area contributed by atoms with Crippen LogP contribution in [0.2, 0.25) is 0 Å². The van der Waals surface area contributed by atoms with Gasteiger partial charge in [-0.3, -0.25) is 9.99 Å². The van der Waals surface area contributed by atoms with Crippen LogP contribution in [0, 0.1) is 6.92 Å². The van der Waals surface area contributed by atoms with Gasteiger partial charge < -0.3 is 15.6 Å². The Morgan fingerprint density at radius 2 is 2.05 bits per heavy atom. The van der Waals surface area contributed by atoms with Gasteiger partial charge in [-0.25, -0.2) is 15.4 Å². The number of esters is 1. The molecule has 0 amide bonds. The molecule has 0 radical (unpaired) electrons. The van der Waals surface area contributed by atoms with Crippen molar-refractivity contribution in [3.8, 4) is 0 Å². The van der Waals surface area contributed by atoms with Crippen LogP contribution in [0.25, 0.3) is 0 Å². The maximum absolute atomic E-state index is 11.6. The van der Waals surface area contributed by atoms with Crippen LogP contribution in [0.5, 0.6) is 0 Å². The molecule has 0 aromatic carbocycles. The molecule has 0 aliphatic carbocycles. The van der Waals surface area contributed by atoms with Gasteiger partial charge in [-0.1, -0.05) is 13.8 Å². The van der Waals surface area contributed by atoms with Crippen LogP contribution in [-0.2, 0) is 9.53 Å². The number of carboxylic acid groups (broad SMARTS) is 1. The van der Waals surface area contributed by atoms with Gasteiger partial charge in [0.15, 0.2) is 0 Å². The first kappa shape index (κ1) is 19.4. The number of carbonyl (C=O) groups excluding carboxylic acids is 1. The van der Waals surface area contributed by atoms with E-state index >= 15 is 0 Å².